The van der Waals surface area contributed by atoms with Gasteiger partial charge in [-0.15, -0.1) is 0 Å². The van der Waals surface area contributed by atoms with Crippen LogP contribution < -0.4 is 0 Å². The summed E-state index contributed by atoms with van der Waals surface area (Å²) in [5.74, 6) is 5.23. The molecule has 0 N–H and O–H groups in total. The second-order valence-corrected chi connectivity index (χ2v) is 17.6. The maximum absolute atomic E-state index is 5.38. The van der Waals surface area contributed by atoms with Crippen molar-refractivity contribution in [2.24, 2.45) is 20.0 Å². The lowest BCUT2D eigenvalue weighted by molar-refractivity contribution is 0.483. The van der Waals surface area contributed by atoms with Gasteiger partial charge in [-0.05, 0) is 17.5 Å². The van der Waals surface area contributed by atoms with Crippen LogP contribution in [0.5, 0.6) is 0 Å². The number of fused-ring (bicyclic) bond motifs is 9. The summed E-state index contributed by atoms with van der Waals surface area (Å²) in [5.41, 5.74) is 4.67. The predicted octanol–water partition coefficient (Wildman–Crippen LogP) is 5.98. The van der Waals surface area contributed by atoms with Crippen LogP contribution in [-0.4, -0.2) is 205 Å². The fourth-order valence-corrected chi connectivity index (χ4v) is 8.15. The van der Waals surface area contributed by atoms with Crippen LogP contribution >= 0.6 is 0 Å². The van der Waals surface area contributed by atoms with Gasteiger partial charge in [-0.25, -0.2) is 19.9 Å². The fraction of sp³-hybridized carbons (Fsp3) is 0.348. The van der Waals surface area contributed by atoms with Crippen LogP contribution in [0.3, 0.4) is 0 Å². The van der Waals surface area contributed by atoms with Gasteiger partial charge >= 0.3 is 0 Å². The summed E-state index contributed by atoms with van der Waals surface area (Å²) >= 11 is 0. The Morgan fingerprint density at radius 2 is 0.688 bits per heavy atom. The number of aromatic nitrogens is 6. The van der Waals surface area contributed by atoms with Crippen LogP contribution in [0.4, 0.5) is 23.3 Å². The minimum Gasteiger partial charge on any atom is -0.349 e. The Bertz CT molecular complexity index is 3000. The maximum atomic E-state index is 5.38. The van der Waals surface area contributed by atoms with Crippen molar-refractivity contribution in [3.05, 3.63) is 60.9 Å². The molecule has 0 unspecified atom stereocenters. The third-order valence-corrected chi connectivity index (χ3v) is 10.8. The third kappa shape index (κ3) is 7.68. The van der Waals surface area contributed by atoms with E-state index in [0.29, 0.717) is 34.6 Å². The predicted molar refractivity (Wildman–Crippen MR) is 265 cm³/mol. The van der Waals surface area contributed by atoms with E-state index in [9.17, 15) is 0 Å². The zero-order valence-corrected chi connectivity index (χ0v) is 39.8. The highest BCUT2D eigenvalue weighted by atomic mass is 15.4. The Kier molecular flexibility index (Phi) is 11.0. The quantitative estimate of drug-likeness (QED) is 0.0892. The standard InChI is InChI=1S/C46H58N18/c1-55(2)43(56(3)4)51-39-41(53-45(59(9)10)60(11)12)63-25-30-21-28-19-17-27-18-20-29-22-31-26-64-35(24-33(31)48-38(29)36(27)37(28)47-32(30)23-34(63)49-39)50-40(52-44(57(5)6)58(7)8)42(64)54-46(61(13)14)62(15)16/h17-26H,1-16H3. The Hall–Kier alpha value is -7.50. The summed E-state index contributed by atoms with van der Waals surface area (Å²) in [7, 11) is 31.5. The van der Waals surface area contributed by atoms with Crippen molar-refractivity contribution < 1.29 is 0 Å². The van der Waals surface area contributed by atoms with Gasteiger partial charge in [-0.1, -0.05) is 24.3 Å². The SMILES string of the molecule is CN(C)C(=Nc1nc2cc3nc4c(ccc5ccc6cc7cn8c(N=C(N(C)C)N(C)C)c(N=C(N(C)C)N(C)C)nc8cc7nc6c54)cc3cn2c1N=C(N(C)C)N(C)C)N(C)C. The van der Waals surface area contributed by atoms with Gasteiger partial charge in [-0.3, -0.25) is 8.80 Å². The van der Waals surface area contributed by atoms with Gasteiger partial charge in [0.1, 0.15) is 11.3 Å². The molecule has 0 aliphatic rings. The molecule has 8 aromatic rings. The highest BCUT2D eigenvalue weighted by Gasteiger charge is 2.21. The number of guanidine groups is 4. The minimum atomic E-state index is 0.502. The normalized spacial score (nSPS) is 11.4. The van der Waals surface area contributed by atoms with Crippen LogP contribution in [0, 0.1) is 0 Å². The van der Waals surface area contributed by atoms with E-state index in [2.05, 4.69) is 48.8 Å². The third-order valence-electron chi connectivity index (χ3n) is 10.8. The largest absolute Gasteiger partial charge is 0.349 e. The monoisotopic (exact) mass is 863 g/mol. The highest BCUT2D eigenvalue weighted by molar-refractivity contribution is 6.20. The number of aliphatic imine (C=N–C) groups is 4. The van der Waals surface area contributed by atoms with Gasteiger partial charge in [0.2, 0.25) is 35.5 Å². The zero-order chi connectivity index (χ0) is 46.0. The molecule has 0 spiro atoms. The number of nitrogens with zero attached hydrogens (tertiary/aromatic N) is 18. The number of hydrogen-bond acceptors (Lipinski definition) is 8. The lowest BCUT2D eigenvalue weighted by Gasteiger charge is -2.23. The Balaban J connectivity index is 1.37. The average molecular weight is 863 g/mol. The summed E-state index contributed by atoms with van der Waals surface area (Å²) < 4.78 is 4.00. The first kappa shape index (κ1) is 43.2. The van der Waals surface area contributed by atoms with Gasteiger partial charge in [0, 0.05) is 164 Å². The molecule has 6 heterocycles. The summed E-state index contributed by atoms with van der Waals surface area (Å²) in [4.78, 5) is 56.9. The number of benzene rings is 2. The van der Waals surface area contributed by atoms with Crippen molar-refractivity contribution in [3.8, 4) is 0 Å². The fourth-order valence-electron chi connectivity index (χ4n) is 8.15. The molecule has 0 fully saturated rings. The molecule has 0 amide bonds. The van der Waals surface area contributed by atoms with E-state index < -0.39 is 0 Å². The number of pyridine rings is 4. The molecular weight excluding hydrogens is 805 g/mol. The van der Waals surface area contributed by atoms with Gasteiger partial charge in [0.15, 0.2) is 11.6 Å². The van der Waals surface area contributed by atoms with Crippen LogP contribution in [0.1, 0.15) is 0 Å². The van der Waals surface area contributed by atoms with Gasteiger partial charge in [-0.2, -0.15) is 20.0 Å². The second kappa shape index (κ2) is 16.3. The lowest BCUT2D eigenvalue weighted by Crippen LogP contribution is -2.35. The summed E-state index contributed by atoms with van der Waals surface area (Å²) in [6, 6.07) is 16.9. The van der Waals surface area contributed by atoms with Gasteiger partial charge < -0.3 is 39.2 Å². The molecule has 0 atom stereocenters. The van der Waals surface area contributed by atoms with E-state index in [0.717, 1.165) is 78.2 Å². The van der Waals surface area contributed by atoms with Crippen molar-refractivity contribution in [3.63, 3.8) is 0 Å². The summed E-state index contributed by atoms with van der Waals surface area (Å²) in [6.45, 7) is 0. The Morgan fingerprint density at radius 1 is 0.375 bits per heavy atom. The van der Waals surface area contributed by atoms with Crippen molar-refractivity contribution in [2.75, 3.05) is 113 Å². The van der Waals surface area contributed by atoms with Crippen molar-refractivity contribution in [2.45, 2.75) is 0 Å². The van der Waals surface area contributed by atoms with E-state index in [4.69, 9.17) is 39.9 Å². The average Bonchev–Trinajstić information content (AvgIpc) is 3.72. The zero-order valence-electron chi connectivity index (χ0n) is 39.8. The van der Waals surface area contributed by atoms with E-state index in [1.165, 1.54) is 0 Å². The van der Waals surface area contributed by atoms with Crippen molar-refractivity contribution in [1.82, 2.24) is 67.9 Å². The van der Waals surface area contributed by atoms with Gasteiger partial charge in [0.05, 0.1) is 22.1 Å². The van der Waals surface area contributed by atoms with E-state index >= 15 is 0 Å². The minimum absolute atomic E-state index is 0.502. The topological polar surface area (TPSA) is 136 Å². The summed E-state index contributed by atoms with van der Waals surface area (Å²) in [6.07, 6.45) is 4.11. The van der Waals surface area contributed by atoms with E-state index in [-0.39, 0.29) is 0 Å². The van der Waals surface area contributed by atoms with E-state index in [1.54, 1.807) is 0 Å². The van der Waals surface area contributed by atoms with Crippen LogP contribution in [0.25, 0.3) is 65.7 Å². The van der Waals surface area contributed by atoms with Crippen molar-refractivity contribution in [1.29, 1.82) is 0 Å². The molecule has 8 rings (SSSR count). The molecular formula is C46H58N18. The molecule has 0 bridgehead atoms. The smallest absolute Gasteiger partial charge is 0.202 e. The van der Waals surface area contributed by atoms with Crippen LogP contribution in [0.2, 0.25) is 0 Å². The van der Waals surface area contributed by atoms with E-state index in [1.807, 2.05) is 173 Å². The molecule has 332 valence electrons. The first-order valence-corrected chi connectivity index (χ1v) is 20.9. The molecule has 64 heavy (non-hydrogen) atoms. The Labute approximate surface area is 373 Å². The lowest BCUT2D eigenvalue weighted by atomic mass is 10.0. The van der Waals surface area contributed by atoms with Crippen molar-refractivity contribution >= 4 is 113 Å². The first-order valence-electron chi connectivity index (χ1n) is 20.9. The molecule has 18 heteroatoms. The Morgan fingerprint density at radius 3 is 1.02 bits per heavy atom. The summed E-state index contributed by atoms with van der Waals surface area (Å²) in [5, 5.41) is 5.88. The molecule has 0 saturated carbocycles. The first-order chi connectivity index (χ1) is 30.3. The molecule has 2 aromatic carbocycles. The molecule has 0 aliphatic carbocycles. The molecule has 18 nitrogen and oxygen atoms in total. The van der Waals surface area contributed by atoms with Crippen LogP contribution in [-0.2, 0) is 0 Å². The van der Waals surface area contributed by atoms with Gasteiger partial charge in [0.25, 0.3) is 0 Å². The number of imidazole rings is 2. The van der Waals surface area contributed by atoms with Crippen LogP contribution in [0.15, 0.2) is 80.9 Å². The molecule has 0 radical (unpaired) electrons. The maximum Gasteiger partial charge on any atom is 0.202 e. The number of rotatable bonds is 4. The molecule has 6 aromatic heterocycles. The molecule has 0 saturated heterocycles. The number of hydrogen-bond donors (Lipinski definition) is 0. The second-order valence-electron chi connectivity index (χ2n) is 17.6. The molecule has 0 aliphatic heterocycles. The highest BCUT2D eigenvalue weighted by Crippen LogP contribution is 2.37.